The molecule has 0 spiro atoms. The van der Waals surface area contributed by atoms with Crippen molar-refractivity contribution < 1.29 is 4.42 Å². The van der Waals surface area contributed by atoms with Crippen LogP contribution in [0.3, 0.4) is 0 Å². The second kappa shape index (κ2) is 7.08. The SMILES string of the molecule is O=c1ccc2cnc(N(c3ccccc3)c3cn[nH]c3)nc2n1Cc1ccco1. The van der Waals surface area contributed by atoms with Gasteiger partial charge in [-0.3, -0.25) is 19.4 Å². The van der Waals surface area contributed by atoms with Gasteiger partial charge in [0.2, 0.25) is 5.95 Å². The average Bonchev–Trinajstić information content (AvgIpc) is 3.46. The summed E-state index contributed by atoms with van der Waals surface area (Å²) < 4.78 is 7.00. The van der Waals surface area contributed by atoms with Crippen LogP contribution in [0.2, 0.25) is 0 Å². The molecule has 4 aromatic heterocycles. The third-order valence-corrected chi connectivity index (χ3v) is 4.56. The lowest BCUT2D eigenvalue weighted by atomic mass is 10.2. The number of pyridine rings is 1. The van der Waals surface area contributed by atoms with Crippen LogP contribution in [-0.4, -0.2) is 24.7 Å². The number of hydrogen-bond donors (Lipinski definition) is 1. The van der Waals surface area contributed by atoms with Gasteiger partial charge in [-0.2, -0.15) is 10.1 Å². The Morgan fingerprint density at radius 1 is 1.00 bits per heavy atom. The van der Waals surface area contributed by atoms with Gasteiger partial charge >= 0.3 is 0 Å². The van der Waals surface area contributed by atoms with E-state index < -0.39 is 0 Å². The van der Waals surface area contributed by atoms with Crippen molar-refractivity contribution in [2.75, 3.05) is 4.90 Å². The number of hydrogen-bond acceptors (Lipinski definition) is 6. The normalized spacial score (nSPS) is 11.0. The molecule has 5 rings (SSSR count). The molecule has 0 bridgehead atoms. The van der Waals surface area contributed by atoms with E-state index in [4.69, 9.17) is 9.40 Å². The molecular weight excluding hydrogens is 368 g/mol. The first-order valence-corrected chi connectivity index (χ1v) is 9.02. The number of para-hydroxylation sites is 1. The summed E-state index contributed by atoms with van der Waals surface area (Å²) in [5.74, 6) is 1.11. The molecule has 1 N–H and O–H groups in total. The molecule has 0 saturated heterocycles. The van der Waals surface area contributed by atoms with E-state index in [9.17, 15) is 4.79 Å². The van der Waals surface area contributed by atoms with Crippen LogP contribution in [0.25, 0.3) is 11.0 Å². The maximum absolute atomic E-state index is 12.6. The van der Waals surface area contributed by atoms with E-state index in [1.807, 2.05) is 41.3 Å². The molecule has 0 aliphatic carbocycles. The van der Waals surface area contributed by atoms with E-state index in [2.05, 4.69) is 15.2 Å². The Hall–Kier alpha value is -4.20. The first-order chi connectivity index (χ1) is 14.3. The summed E-state index contributed by atoms with van der Waals surface area (Å²) in [6.45, 7) is 0.288. The lowest BCUT2D eigenvalue weighted by Gasteiger charge is -2.21. The maximum Gasteiger partial charge on any atom is 0.252 e. The zero-order chi connectivity index (χ0) is 19.6. The quantitative estimate of drug-likeness (QED) is 0.497. The first-order valence-electron chi connectivity index (χ1n) is 9.02. The van der Waals surface area contributed by atoms with Crippen LogP contribution in [0.4, 0.5) is 17.3 Å². The van der Waals surface area contributed by atoms with E-state index in [1.165, 1.54) is 6.07 Å². The van der Waals surface area contributed by atoms with Crippen molar-refractivity contribution in [2.24, 2.45) is 0 Å². The van der Waals surface area contributed by atoms with Crippen LogP contribution in [0.1, 0.15) is 5.76 Å². The number of anilines is 3. The van der Waals surface area contributed by atoms with Gasteiger partial charge in [-0.15, -0.1) is 0 Å². The minimum absolute atomic E-state index is 0.159. The van der Waals surface area contributed by atoms with Crippen molar-refractivity contribution in [3.63, 3.8) is 0 Å². The molecule has 0 saturated carbocycles. The smallest absolute Gasteiger partial charge is 0.252 e. The largest absolute Gasteiger partial charge is 0.467 e. The predicted octanol–water partition coefficient (Wildman–Crippen LogP) is 3.63. The molecule has 142 valence electrons. The summed E-state index contributed by atoms with van der Waals surface area (Å²) in [5.41, 5.74) is 2.03. The van der Waals surface area contributed by atoms with Gasteiger partial charge in [-0.25, -0.2) is 4.98 Å². The Labute approximate surface area is 165 Å². The minimum Gasteiger partial charge on any atom is -0.467 e. The number of aromatic amines is 1. The summed E-state index contributed by atoms with van der Waals surface area (Å²) in [6, 6.07) is 16.6. The molecule has 0 unspecified atom stereocenters. The topological polar surface area (TPSA) is 92.8 Å². The molecule has 0 aliphatic heterocycles. The van der Waals surface area contributed by atoms with Crippen LogP contribution in [0, 0.1) is 0 Å². The van der Waals surface area contributed by atoms with Crippen molar-refractivity contribution in [3.05, 3.63) is 95.6 Å². The molecule has 0 aliphatic rings. The van der Waals surface area contributed by atoms with E-state index in [1.54, 1.807) is 41.6 Å². The fourth-order valence-corrected chi connectivity index (χ4v) is 3.20. The van der Waals surface area contributed by atoms with Crippen LogP contribution >= 0.6 is 0 Å². The Kier molecular flexibility index (Phi) is 4.14. The minimum atomic E-state index is -0.159. The highest BCUT2D eigenvalue weighted by molar-refractivity contribution is 5.78. The Balaban J connectivity index is 1.69. The van der Waals surface area contributed by atoms with Gasteiger partial charge < -0.3 is 4.42 Å². The standard InChI is InChI=1S/C21H16N6O2/c28-19-9-8-15-11-22-21(25-20(15)26(19)14-18-7-4-10-29-18)27(17-12-23-24-13-17)16-5-2-1-3-6-16/h1-13H,14H2,(H,23,24). The molecule has 8 heteroatoms. The molecule has 0 fully saturated rings. The summed E-state index contributed by atoms with van der Waals surface area (Å²) >= 11 is 0. The summed E-state index contributed by atoms with van der Waals surface area (Å²) in [5, 5.41) is 7.63. The second-order valence-electron chi connectivity index (χ2n) is 6.41. The Morgan fingerprint density at radius 2 is 1.90 bits per heavy atom. The molecule has 8 nitrogen and oxygen atoms in total. The van der Waals surface area contributed by atoms with Crippen molar-refractivity contribution in [1.82, 2.24) is 24.7 Å². The van der Waals surface area contributed by atoms with Crippen LogP contribution in [0.15, 0.2) is 88.7 Å². The highest BCUT2D eigenvalue weighted by Gasteiger charge is 2.17. The number of benzene rings is 1. The van der Waals surface area contributed by atoms with E-state index in [0.717, 1.165) is 16.8 Å². The fraction of sp³-hybridized carbons (Fsp3) is 0.0476. The highest BCUT2D eigenvalue weighted by atomic mass is 16.3. The number of rotatable bonds is 5. The van der Waals surface area contributed by atoms with Crippen LogP contribution < -0.4 is 10.5 Å². The lowest BCUT2D eigenvalue weighted by Crippen LogP contribution is -2.22. The summed E-state index contributed by atoms with van der Waals surface area (Å²) in [4.78, 5) is 23.7. The lowest BCUT2D eigenvalue weighted by molar-refractivity contribution is 0.493. The van der Waals surface area contributed by atoms with Gasteiger partial charge in [0.25, 0.3) is 5.56 Å². The number of H-pyrrole nitrogens is 1. The highest BCUT2D eigenvalue weighted by Crippen LogP contribution is 2.31. The van der Waals surface area contributed by atoms with E-state index >= 15 is 0 Å². The number of fused-ring (bicyclic) bond motifs is 1. The molecular formula is C21H16N6O2. The maximum atomic E-state index is 12.6. The summed E-state index contributed by atoms with van der Waals surface area (Å²) in [6.07, 6.45) is 6.76. The van der Waals surface area contributed by atoms with Gasteiger partial charge in [-0.05, 0) is 30.3 Å². The Morgan fingerprint density at radius 3 is 2.66 bits per heavy atom. The Bertz CT molecular complexity index is 1290. The number of nitrogens with one attached hydrogen (secondary N) is 1. The zero-order valence-corrected chi connectivity index (χ0v) is 15.3. The van der Waals surface area contributed by atoms with Gasteiger partial charge in [0, 0.05) is 29.5 Å². The number of aromatic nitrogens is 5. The molecule has 4 heterocycles. The molecule has 0 radical (unpaired) electrons. The number of nitrogens with zero attached hydrogens (tertiary/aromatic N) is 5. The molecule has 0 amide bonds. The monoisotopic (exact) mass is 384 g/mol. The molecule has 29 heavy (non-hydrogen) atoms. The average molecular weight is 384 g/mol. The van der Waals surface area contributed by atoms with Gasteiger partial charge in [0.1, 0.15) is 11.4 Å². The van der Waals surface area contributed by atoms with Gasteiger partial charge in [0.15, 0.2) is 0 Å². The van der Waals surface area contributed by atoms with E-state index in [-0.39, 0.29) is 12.1 Å². The first kappa shape index (κ1) is 16.9. The van der Waals surface area contributed by atoms with Crippen molar-refractivity contribution in [1.29, 1.82) is 0 Å². The predicted molar refractivity (Wildman–Crippen MR) is 108 cm³/mol. The zero-order valence-electron chi connectivity index (χ0n) is 15.3. The third-order valence-electron chi connectivity index (χ3n) is 4.56. The third kappa shape index (κ3) is 3.16. The van der Waals surface area contributed by atoms with Gasteiger partial charge in [-0.1, -0.05) is 18.2 Å². The van der Waals surface area contributed by atoms with Gasteiger partial charge in [0.05, 0.1) is 24.7 Å². The van der Waals surface area contributed by atoms with Crippen molar-refractivity contribution >= 4 is 28.4 Å². The van der Waals surface area contributed by atoms with E-state index in [0.29, 0.717) is 17.4 Å². The second-order valence-corrected chi connectivity index (χ2v) is 6.41. The molecule has 5 aromatic rings. The van der Waals surface area contributed by atoms with Crippen LogP contribution in [-0.2, 0) is 6.54 Å². The number of furan rings is 1. The molecule has 1 aromatic carbocycles. The van der Waals surface area contributed by atoms with Crippen molar-refractivity contribution in [2.45, 2.75) is 6.54 Å². The van der Waals surface area contributed by atoms with Crippen molar-refractivity contribution in [3.8, 4) is 0 Å². The molecule has 0 atom stereocenters. The van der Waals surface area contributed by atoms with Crippen LogP contribution in [0.5, 0.6) is 0 Å². The fourth-order valence-electron chi connectivity index (χ4n) is 3.20. The summed E-state index contributed by atoms with van der Waals surface area (Å²) in [7, 11) is 0.